The van der Waals surface area contributed by atoms with Gasteiger partial charge in [-0.15, -0.1) is 11.3 Å². The average Bonchev–Trinajstić information content (AvgIpc) is 2.74. The van der Waals surface area contributed by atoms with Crippen molar-refractivity contribution in [1.82, 2.24) is 9.55 Å². The molecule has 2 aromatic rings. The highest BCUT2D eigenvalue weighted by Crippen LogP contribution is 2.19. The minimum absolute atomic E-state index is 0.0128. The van der Waals surface area contributed by atoms with E-state index in [1.165, 1.54) is 18.0 Å². The summed E-state index contributed by atoms with van der Waals surface area (Å²) >= 11 is 1.64. The zero-order valence-electron chi connectivity index (χ0n) is 11.6. The maximum Gasteiger partial charge on any atom is 0.328 e. The number of hydrogen-bond donors (Lipinski definition) is 1. The molecule has 0 aromatic carbocycles. The fourth-order valence-electron chi connectivity index (χ4n) is 2.12. The molecule has 5 nitrogen and oxygen atoms in total. The van der Waals surface area contributed by atoms with Gasteiger partial charge in [0.15, 0.2) is 5.78 Å². The van der Waals surface area contributed by atoms with E-state index in [0.717, 1.165) is 9.44 Å². The second-order valence-electron chi connectivity index (χ2n) is 4.80. The Morgan fingerprint density at radius 2 is 2.10 bits per heavy atom. The Bertz CT molecular complexity index is 754. The van der Waals surface area contributed by atoms with Gasteiger partial charge in [-0.2, -0.15) is 0 Å². The Morgan fingerprint density at radius 1 is 1.40 bits per heavy atom. The van der Waals surface area contributed by atoms with Crippen LogP contribution in [-0.2, 0) is 6.42 Å². The van der Waals surface area contributed by atoms with Crippen molar-refractivity contribution in [1.29, 1.82) is 0 Å². The Kier molecular flexibility index (Phi) is 4.04. The third-order valence-electron chi connectivity index (χ3n) is 3.12. The lowest BCUT2D eigenvalue weighted by Crippen LogP contribution is -2.40. The van der Waals surface area contributed by atoms with E-state index in [0.29, 0.717) is 6.42 Å². The lowest BCUT2D eigenvalue weighted by Gasteiger charge is -2.13. The monoisotopic (exact) mass is 292 g/mol. The quantitative estimate of drug-likeness (QED) is 0.875. The normalized spacial score (nSPS) is 12.3. The fraction of sp³-hybridized carbons (Fsp3) is 0.357. The minimum atomic E-state index is -0.526. The molecule has 1 N–H and O–H groups in total. The van der Waals surface area contributed by atoms with Crippen molar-refractivity contribution in [3.63, 3.8) is 0 Å². The number of rotatable bonds is 4. The van der Waals surface area contributed by atoms with Crippen LogP contribution in [0.25, 0.3) is 0 Å². The number of aromatic amines is 1. The zero-order valence-corrected chi connectivity index (χ0v) is 12.4. The van der Waals surface area contributed by atoms with Crippen LogP contribution >= 0.6 is 11.3 Å². The molecule has 20 heavy (non-hydrogen) atoms. The van der Waals surface area contributed by atoms with Crippen LogP contribution in [0.1, 0.15) is 40.0 Å². The molecule has 0 spiro atoms. The fourth-order valence-corrected chi connectivity index (χ4v) is 3.13. The van der Waals surface area contributed by atoms with Gasteiger partial charge in [-0.05, 0) is 32.9 Å². The molecule has 0 fully saturated rings. The first-order chi connectivity index (χ1) is 9.40. The smallest absolute Gasteiger partial charge is 0.313 e. The molecule has 6 heteroatoms. The first-order valence-electron chi connectivity index (χ1n) is 6.30. The van der Waals surface area contributed by atoms with E-state index in [2.05, 4.69) is 4.98 Å². The SMILES string of the molecule is CC(=O)c1c[nH]c(=O)n(C(C)Cc2ccc(C)s2)c1=O. The number of hydrogen-bond acceptors (Lipinski definition) is 4. The summed E-state index contributed by atoms with van der Waals surface area (Å²) in [4.78, 5) is 40.2. The van der Waals surface area contributed by atoms with E-state index in [-0.39, 0.29) is 17.4 Å². The van der Waals surface area contributed by atoms with Crippen molar-refractivity contribution < 1.29 is 4.79 Å². The molecule has 2 heterocycles. The van der Waals surface area contributed by atoms with E-state index in [1.807, 2.05) is 19.1 Å². The summed E-state index contributed by atoms with van der Waals surface area (Å²) in [6.45, 7) is 5.12. The van der Waals surface area contributed by atoms with Gasteiger partial charge < -0.3 is 4.98 Å². The number of H-pyrrole nitrogens is 1. The maximum absolute atomic E-state index is 12.2. The van der Waals surface area contributed by atoms with Crippen molar-refractivity contribution in [2.24, 2.45) is 0 Å². The number of nitrogens with zero attached hydrogens (tertiary/aromatic N) is 1. The predicted octanol–water partition coefficient (Wildman–Crippen LogP) is 1.91. The highest BCUT2D eigenvalue weighted by atomic mass is 32.1. The number of aromatic nitrogens is 2. The third-order valence-corrected chi connectivity index (χ3v) is 4.14. The molecule has 0 radical (unpaired) electrons. The van der Waals surface area contributed by atoms with Crippen LogP contribution in [0.3, 0.4) is 0 Å². The van der Waals surface area contributed by atoms with E-state index in [9.17, 15) is 14.4 Å². The largest absolute Gasteiger partial charge is 0.328 e. The minimum Gasteiger partial charge on any atom is -0.313 e. The predicted molar refractivity (Wildman–Crippen MR) is 78.8 cm³/mol. The summed E-state index contributed by atoms with van der Waals surface area (Å²) in [5.41, 5.74) is -0.999. The van der Waals surface area contributed by atoms with Crippen LogP contribution in [0.5, 0.6) is 0 Å². The summed E-state index contributed by atoms with van der Waals surface area (Å²) in [6.07, 6.45) is 1.77. The number of carbonyl (C=O) groups excluding carboxylic acids is 1. The van der Waals surface area contributed by atoms with Gasteiger partial charge in [0.05, 0.1) is 5.56 Å². The number of ketones is 1. The number of carbonyl (C=O) groups is 1. The van der Waals surface area contributed by atoms with E-state index in [4.69, 9.17) is 0 Å². The summed E-state index contributed by atoms with van der Waals surface area (Å²) < 4.78 is 1.12. The molecule has 0 aliphatic carbocycles. The van der Waals surface area contributed by atoms with Gasteiger partial charge >= 0.3 is 5.69 Å². The molecule has 106 valence electrons. The second-order valence-corrected chi connectivity index (χ2v) is 6.18. The summed E-state index contributed by atoms with van der Waals surface area (Å²) in [5.74, 6) is -0.348. The van der Waals surface area contributed by atoms with Crippen molar-refractivity contribution in [3.8, 4) is 0 Å². The summed E-state index contributed by atoms with van der Waals surface area (Å²) in [5, 5.41) is 0. The molecule has 1 unspecified atom stereocenters. The molecule has 0 aliphatic heterocycles. The Morgan fingerprint density at radius 3 is 2.65 bits per heavy atom. The highest BCUT2D eigenvalue weighted by Gasteiger charge is 2.16. The first kappa shape index (κ1) is 14.5. The molecular formula is C14H16N2O3S. The summed E-state index contributed by atoms with van der Waals surface area (Å²) in [6, 6.07) is 3.69. The van der Waals surface area contributed by atoms with Gasteiger partial charge in [0, 0.05) is 28.4 Å². The second kappa shape index (κ2) is 5.58. The maximum atomic E-state index is 12.2. The van der Waals surface area contributed by atoms with Gasteiger partial charge in [0.2, 0.25) is 0 Å². The van der Waals surface area contributed by atoms with Crippen molar-refractivity contribution >= 4 is 17.1 Å². The molecule has 0 aliphatic rings. The molecule has 2 rings (SSSR count). The van der Waals surface area contributed by atoms with Crippen LogP contribution in [0.15, 0.2) is 27.9 Å². The van der Waals surface area contributed by atoms with Crippen LogP contribution in [0, 0.1) is 6.92 Å². The first-order valence-corrected chi connectivity index (χ1v) is 7.12. The van der Waals surface area contributed by atoms with E-state index in [1.54, 1.807) is 18.3 Å². The summed E-state index contributed by atoms with van der Waals surface area (Å²) in [7, 11) is 0. The topological polar surface area (TPSA) is 71.9 Å². The third kappa shape index (κ3) is 2.80. The molecule has 0 saturated heterocycles. The Hall–Kier alpha value is -1.95. The number of Topliss-reactive ketones (excluding diaryl/α,β-unsaturated/α-hetero) is 1. The van der Waals surface area contributed by atoms with Gasteiger partial charge in [-0.3, -0.25) is 14.2 Å². The molecular weight excluding hydrogens is 276 g/mol. The zero-order chi connectivity index (χ0) is 14.9. The molecule has 1 atom stereocenters. The van der Waals surface area contributed by atoms with E-state index >= 15 is 0 Å². The lowest BCUT2D eigenvalue weighted by molar-refractivity contribution is 0.101. The molecule has 0 saturated carbocycles. The van der Waals surface area contributed by atoms with Crippen LogP contribution in [0.4, 0.5) is 0 Å². The molecule has 2 aromatic heterocycles. The van der Waals surface area contributed by atoms with Crippen LogP contribution in [0.2, 0.25) is 0 Å². The average molecular weight is 292 g/mol. The van der Waals surface area contributed by atoms with Crippen LogP contribution in [-0.4, -0.2) is 15.3 Å². The standard InChI is InChI=1S/C14H16N2O3S/c1-8(6-11-5-4-9(2)20-11)16-13(18)12(10(3)17)7-15-14(16)19/h4-5,7-8H,6H2,1-3H3,(H,15,19). The van der Waals surface area contributed by atoms with E-state index < -0.39 is 11.2 Å². The van der Waals surface area contributed by atoms with Crippen molar-refractivity contribution in [3.05, 3.63) is 54.5 Å². The van der Waals surface area contributed by atoms with Gasteiger partial charge in [-0.1, -0.05) is 0 Å². The molecule has 0 amide bonds. The van der Waals surface area contributed by atoms with Gasteiger partial charge in [0.1, 0.15) is 0 Å². The van der Waals surface area contributed by atoms with Crippen molar-refractivity contribution in [2.75, 3.05) is 0 Å². The Balaban J connectivity index is 2.41. The van der Waals surface area contributed by atoms with Crippen molar-refractivity contribution in [2.45, 2.75) is 33.2 Å². The molecule has 0 bridgehead atoms. The van der Waals surface area contributed by atoms with Crippen LogP contribution < -0.4 is 11.2 Å². The number of nitrogens with one attached hydrogen (secondary N) is 1. The highest BCUT2D eigenvalue weighted by molar-refractivity contribution is 7.11. The number of thiophene rings is 1. The number of aryl methyl sites for hydroxylation is 1. The van der Waals surface area contributed by atoms with Gasteiger partial charge in [0.25, 0.3) is 5.56 Å². The lowest BCUT2D eigenvalue weighted by atomic mass is 10.2. The van der Waals surface area contributed by atoms with Gasteiger partial charge in [-0.25, -0.2) is 4.79 Å². The Labute approximate surface area is 119 Å².